The van der Waals surface area contributed by atoms with Crippen LogP contribution in [0.25, 0.3) is 0 Å². The van der Waals surface area contributed by atoms with Crippen LogP contribution in [0.3, 0.4) is 0 Å². The van der Waals surface area contributed by atoms with Crippen LogP contribution in [0.5, 0.6) is 0 Å². The molecule has 0 N–H and O–H groups in total. The maximum absolute atomic E-state index is 12.1. The van der Waals surface area contributed by atoms with Gasteiger partial charge in [0.2, 0.25) is 0 Å². The van der Waals surface area contributed by atoms with Crippen molar-refractivity contribution in [1.29, 1.82) is 0 Å². The van der Waals surface area contributed by atoms with Crippen molar-refractivity contribution >= 4 is 6.09 Å². The normalized spacial score (nSPS) is 16.0. The van der Waals surface area contributed by atoms with Crippen LogP contribution in [0.15, 0.2) is 36.7 Å². The van der Waals surface area contributed by atoms with Crippen LogP contribution in [-0.2, 0) is 11.3 Å². The molecule has 5 nitrogen and oxygen atoms in total. The van der Waals surface area contributed by atoms with Crippen molar-refractivity contribution in [2.24, 2.45) is 0 Å². The van der Waals surface area contributed by atoms with Crippen LogP contribution in [0, 0.1) is 0 Å². The molecule has 0 bridgehead atoms. The van der Waals surface area contributed by atoms with Crippen molar-refractivity contribution in [3.05, 3.63) is 42.4 Å². The summed E-state index contributed by atoms with van der Waals surface area (Å²) in [5, 5.41) is 0. The Kier molecular flexibility index (Phi) is 4.50. The van der Waals surface area contributed by atoms with Gasteiger partial charge in [-0.05, 0) is 32.9 Å². The molecule has 1 amide bonds. The number of ether oxygens (including phenoxy) is 1. The Morgan fingerprint density at radius 1 is 1.38 bits per heavy atom. The van der Waals surface area contributed by atoms with E-state index in [0.29, 0.717) is 13.1 Å². The Morgan fingerprint density at radius 3 is 2.71 bits per heavy atom. The molecule has 2 rings (SSSR count). The van der Waals surface area contributed by atoms with Crippen molar-refractivity contribution in [2.75, 3.05) is 19.6 Å². The molecule has 0 aromatic carbocycles. The van der Waals surface area contributed by atoms with Gasteiger partial charge in [-0.2, -0.15) is 0 Å². The minimum absolute atomic E-state index is 0.277. The summed E-state index contributed by atoms with van der Waals surface area (Å²) >= 11 is 0. The van der Waals surface area contributed by atoms with E-state index in [-0.39, 0.29) is 6.09 Å². The van der Waals surface area contributed by atoms with Gasteiger partial charge < -0.3 is 14.5 Å². The number of nitrogens with zero attached hydrogens (tertiary/aromatic N) is 3. The van der Waals surface area contributed by atoms with Crippen molar-refractivity contribution in [3.63, 3.8) is 0 Å². The second kappa shape index (κ2) is 6.16. The second-order valence-electron chi connectivity index (χ2n) is 6.21. The molecule has 0 aliphatic carbocycles. The summed E-state index contributed by atoms with van der Waals surface area (Å²) < 4.78 is 5.39. The standard InChI is InChI=1S/C16H23N3O2/c1-13-11-19(15(20)21-16(2,3)4)10-9-18(13)12-14-7-5-6-8-17-14/h5-8H,1,9-12H2,2-4H3. The fourth-order valence-electron chi connectivity index (χ4n) is 2.16. The predicted molar refractivity (Wildman–Crippen MR) is 81.6 cm³/mol. The van der Waals surface area contributed by atoms with Crippen LogP contribution in [0.1, 0.15) is 26.5 Å². The zero-order valence-electron chi connectivity index (χ0n) is 13.0. The second-order valence-corrected chi connectivity index (χ2v) is 6.21. The molecular weight excluding hydrogens is 266 g/mol. The summed E-state index contributed by atoms with van der Waals surface area (Å²) in [6.07, 6.45) is 1.51. The lowest BCUT2D eigenvalue weighted by Gasteiger charge is -2.38. The number of hydrogen-bond acceptors (Lipinski definition) is 4. The Hall–Kier alpha value is -2.04. The first-order chi connectivity index (χ1) is 9.85. The number of pyridine rings is 1. The summed E-state index contributed by atoms with van der Waals surface area (Å²) in [7, 11) is 0. The van der Waals surface area contributed by atoms with Gasteiger partial charge in [0.25, 0.3) is 0 Å². The summed E-state index contributed by atoms with van der Waals surface area (Å²) in [6, 6.07) is 5.87. The average Bonchev–Trinajstić information content (AvgIpc) is 2.40. The summed E-state index contributed by atoms with van der Waals surface area (Å²) in [6.45, 7) is 12.3. The van der Waals surface area contributed by atoms with Crippen LogP contribution in [0.2, 0.25) is 0 Å². The molecule has 1 aliphatic heterocycles. The van der Waals surface area contributed by atoms with Crippen molar-refractivity contribution in [1.82, 2.24) is 14.8 Å². The minimum Gasteiger partial charge on any atom is -0.444 e. The quantitative estimate of drug-likeness (QED) is 0.839. The summed E-state index contributed by atoms with van der Waals surface area (Å²) in [4.78, 5) is 20.2. The molecule has 2 heterocycles. The zero-order chi connectivity index (χ0) is 15.5. The maximum atomic E-state index is 12.1. The SMILES string of the molecule is C=C1CN(C(=O)OC(C)(C)C)CCN1Cc1ccccn1. The largest absolute Gasteiger partial charge is 0.444 e. The third-order valence-corrected chi connectivity index (χ3v) is 3.19. The molecule has 0 radical (unpaired) electrons. The van der Waals surface area contributed by atoms with Gasteiger partial charge in [0.15, 0.2) is 0 Å². The molecular formula is C16H23N3O2. The number of hydrogen-bond donors (Lipinski definition) is 0. The molecule has 1 aromatic rings. The molecule has 0 atom stereocenters. The van der Waals surface area contributed by atoms with Crippen LogP contribution >= 0.6 is 0 Å². The van der Waals surface area contributed by atoms with Gasteiger partial charge in [-0.15, -0.1) is 0 Å². The number of aromatic nitrogens is 1. The Labute approximate surface area is 126 Å². The number of carbonyl (C=O) groups is 1. The topological polar surface area (TPSA) is 45.7 Å². The smallest absolute Gasteiger partial charge is 0.410 e. The lowest BCUT2D eigenvalue weighted by atomic mass is 10.2. The van der Waals surface area contributed by atoms with Gasteiger partial charge in [-0.3, -0.25) is 4.98 Å². The third-order valence-electron chi connectivity index (χ3n) is 3.19. The van der Waals surface area contributed by atoms with Gasteiger partial charge in [0.1, 0.15) is 5.60 Å². The maximum Gasteiger partial charge on any atom is 0.410 e. The Bertz CT molecular complexity index is 508. The highest BCUT2D eigenvalue weighted by molar-refractivity contribution is 5.68. The number of carbonyl (C=O) groups excluding carboxylic acids is 1. The highest BCUT2D eigenvalue weighted by atomic mass is 16.6. The first-order valence-electron chi connectivity index (χ1n) is 7.16. The van der Waals surface area contributed by atoms with Gasteiger partial charge in [-0.1, -0.05) is 12.6 Å². The number of amides is 1. The van der Waals surface area contributed by atoms with Gasteiger partial charge in [-0.25, -0.2) is 4.79 Å². The molecule has 5 heteroatoms. The van der Waals surface area contributed by atoms with Gasteiger partial charge in [0.05, 0.1) is 18.8 Å². The van der Waals surface area contributed by atoms with E-state index in [2.05, 4.69) is 16.5 Å². The highest BCUT2D eigenvalue weighted by Crippen LogP contribution is 2.17. The molecule has 114 valence electrons. The van der Waals surface area contributed by atoms with Gasteiger partial charge in [0, 0.05) is 25.0 Å². The van der Waals surface area contributed by atoms with E-state index in [0.717, 1.165) is 24.5 Å². The molecule has 21 heavy (non-hydrogen) atoms. The lowest BCUT2D eigenvalue weighted by molar-refractivity contribution is 0.0195. The van der Waals surface area contributed by atoms with E-state index in [9.17, 15) is 4.79 Å². The van der Waals surface area contributed by atoms with Crippen LogP contribution in [0.4, 0.5) is 4.79 Å². The van der Waals surface area contributed by atoms with E-state index in [1.807, 2.05) is 39.0 Å². The Balaban J connectivity index is 1.90. The number of rotatable bonds is 2. The fourth-order valence-corrected chi connectivity index (χ4v) is 2.16. The van der Waals surface area contributed by atoms with Crippen molar-refractivity contribution < 1.29 is 9.53 Å². The van der Waals surface area contributed by atoms with Gasteiger partial charge >= 0.3 is 6.09 Å². The molecule has 0 saturated carbocycles. The summed E-state index contributed by atoms with van der Waals surface area (Å²) in [5.41, 5.74) is 1.45. The molecule has 1 aliphatic rings. The first-order valence-corrected chi connectivity index (χ1v) is 7.16. The molecule has 1 saturated heterocycles. The molecule has 1 aromatic heterocycles. The summed E-state index contributed by atoms with van der Waals surface area (Å²) in [5.74, 6) is 0. The molecule has 0 spiro atoms. The Morgan fingerprint density at radius 2 is 2.14 bits per heavy atom. The van der Waals surface area contributed by atoms with E-state index >= 15 is 0 Å². The monoisotopic (exact) mass is 289 g/mol. The number of piperazine rings is 1. The van der Waals surface area contributed by atoms with Crippen molar-refractivity contribution in [3.8, 4) is 0 Å². The lowest BCUT2D eigenvalue weighted by Crippen LogP contribution is -2.48. The third kappa shape index (κ3) is 4.48. The minimum atomic E-state index is -0.469. The zero-order valence-corrected chi connectivity index (χ0v) is 13.0. The molecule has 1 fully saturated rings. The van der Waals surface area contributed by atoms with E-state index in [1.54, 1.807) is 11.1 Å². The average molecular weight is 289 g/mol. The van der Waals surface area contributed by atoms with Crippen LogP contribution < -0.4 is 0 Å². The van der Waals surface area contributed by atoms with Crippen molar-refractivity contribution in [2.45, 2.75) is 32.9 Å². The predicted octanol–water partition coefficient (Wildman–Crippen LogP) is 2.65. The van der Waals surface area contributed by atoms with E-state index in [4.69, 9.17) is 4.74 Å². The van der Waals surface area contributed by atoms with E-state index in [1.165, 1.54) is 0 Å². The van der Waals surface area contributed by atoms with E-state index < -0.39 is 5.60 Å². The fraction of sp³-hybridized carbons (Fsp3) is 0.500. The molecule has 0 unspecified atom stereocenters. The highest BCUT2D eigenvalue weighted by Gasteiger charge is 2.27. The first kappa shape index (κ1) is 15.4. The van der Waals surface area contributed by atoms with Crippen LogP contribution in [-0.4, -0.2) is 46.1 Å².